The number of nitrogens with two attached hydrogens (primary N) is 1. The van der Waals surface area contributed by atoms with Gasteiger partial charge in [0, 0.05) is 23.8 Å². The van der Waals surface area contributed by atoms with Crippen LogP contribution in [0.3, 0.4) is 0 Å². The number of nitro groups is 1. The van der Waals surface area contributed by atoms with Crippen molar-refractivity contribution in [1.82, 2.24) is 0 Å². The minimum Gasteiger partial charge on any atom is -0.457 e. The van der Waals surface area contributed by atoms with Gasteiger partial charge in [0.1, 0.15) is 11.5 Å². The highest BCUT2D eigenvalue weighted by Gasteiger charge is 2.14. The Labute approximate surface area is 146 Å². The van der Waals surface area contributed by atoms with Crippen molar-refractivity contribution in [2.75, 3.05) is 0 Å². The van der Waals surface area contributed by atoms with E-state index in [0.717, 1.165) is 11.6 Å². The second-order valence-electron chi connectivity index (χ2n) is 6.59. The molecule has 2 rings (SSSR count). The van der Waals surface area contributed by atoms with Crippen LogP contribution in [0.5, 0.6) is 11.5 Å². The van der Waals surface area contributed by atoms with Gasteiger partial charge in [0.15, 0.2) is 0 Å². The normalized spacial score (nSPS) is 11.5. The third-order valence-electron chi connectivity index (χ3n) is 3.58. The monoisotopic (exact) mass is 340 g/mol. The molecular formula is C19H20N2O4. The standard InChI is InChI=1S/C19H20N2O4/c1-19(2,3)14-5-8-16(9-6-14)25-17-10-7-15(21(23)24)12-13(17)4-11-18(20)22/h4-12H,1-3H3,(H2,20,22)/b11-4-. The second-order valence-corrected chi connectivity index (χ2v) is 6.59. The van der Waals surface area contributed by atoms with Crippen molar-refractivity contribution in [3.8, 4) is 11.5 Å². The lowest BCUT2D eigenvalue weighted by molar-refractivity contribution is -0.384. The highest BCUT2D eigenvalue weighted by atomic mass is 16.6. The molecule has 2 N–H and O–H groups in total. The molecule has 1 amide bonds. The van der Waals surface area contributed by atoms with Gasteiger partial charge in [0.2, 0.25) is 5.91 Å². The van der Waals surface area contributed by atoms with E-state index in [1.807, 2.05) is 24.3 Å². The number of carbonyl (C=O) groups excluding carboxylic acids is 1. The maximum atomic E-state index is 11.0. The van der Waals surface area contributed by atoms with Gasteiger partial charge in [-0.15, -0.1) is 0 Å². The topological polar surface area (TPSA) is 95.5 Å². The minimum atomic E-state index is -0.646. The van der Waals surface area contributed by atoms with Crippen LogP contribution < -0.4 is 10.5 Å². The molecule has 0 heterocycles. The molecule has 0 aliphatic heterocycles. The summed E-state index contributed by atoms with van der Waals surface area (Å²) in [5, 5.41) is 10.9. The largest absolute Gasteiger partial charge is 0.457 e. The van der Waals surface area contributed by atoms with E-state index in [-0.39, 0.29) is 11.1 Å². The summed E-state index contributed by atoms with van der Waals surface area (Å²) in [6, 6.07) is 11.8. The lowest BCUT2D eigenvalue weighted by Crippen LogP contribution is -2.10. The van der Waals surface area contributed by atoms with Gasteiger partial charge in [-0.2, -0.15) is 0 Å². The average Bonchev–Trinajstić information content (AvgIpc) is 2.53. The summed E-state index contributed by atoms with van der Waals surface area (Å²) in [6.45, 7) is 6.35. The van der Waals surface area contributed by atoms with Crippen LogP contribution in [-0.4, -0.2) is 10.8 Å². The number of rotatable bonds is 5. The first-order valence-electron chi connectivity index (χ1n) is 7.71. The maximum absolute atomic E-state index is 11.0. The average molecular weight is 340 g/mol. The quantitative estimate of drug-likeness (QED) is 0.501. The van der Waals surface area contributed by atoms with E-state index in [4.69, 9.17) is 10.5 Å². The predicted octanol–water partition coefficient (Wildman–Crippen LogP) is 4.18. The molecule has 25 heavy (non-hydrogen) atoms. The molecule has 130 valence electrons. The second kappa shape index (κ2) is 7.17. The number of benzene rings is 2. The fraction of sp³-hybridized carbons (Fsp3) is 0.211. The summed E-state index contributed by atoms with van der Waals surface area (Å²) >= 11 is 0. The number of non-ortho nitro benzene ring substituents is 1. The van der Waals surface area contributed by atoms with Crippen LogP contribution in [-0.2, 0) is 10.2 Å². The Kier molecular flexibility index (Phi) is 5.22. The van der Waals surface area contributed by atoms with E-state index in [1.165, 1.54) is 24.3 Å². The van der Waals surface area contributed by atoms with Crippen LogP contribution in [0, 0.1) is 10.1 Å². The van der Waals surface area contributed by atoms with E-state index in [0.29, 0.717) is 17.1 Å². The molecule has 2 aromatic rings. The first-order valence-corrected chi connectivity index (χ1v) is 7.71. The summed E-state index contributed by atoms with van der Waals surface area (Å²) in [5.74, 6) is 0.342. The molecule has 0 spiro atoms. The number of hydrogen-bond donors (Lipinski definition) is 1. The van der Waals surface area contributed by atoms with E-state index in [1.54, 1.807) is 0 Å². The molecule has 0 atom stereocenters. The molecule has 0 aliphatic rings. The molecule has 2 aromatic carbocycles. The fourth-order valence-electron chi connectivity index (χ4n) is 2.19. The zero-order valence-corrected chi connectivity index (χ0v) is 14.4. The summed E-state index contributed by atoms with van der Waals surface area (Å²) in [6.07, 6.45) is 2.53. The van der Waals surface area contributed by atoms with Crippen molar-refractivity contribution in [2.45, 2.75) is 26.2 Å². The van der Waals surface area contributed by atoms with E-state index >= 15 is 0 Å². The van der Waals surface area contributed by atoms with E-state index in [2.05, 4.69) is 20.8 Å². The Morgan fingerprint density at radius 2 is 1.80 bits per heavy atom. The Bertz CT molecular complexity index is 818. The Morgan fingerprint density at radius 1 is 1.16 bits per heavy atom. The smallest absolute Gasteiger partial charge is 0.270 e. The number of nitro benzene ring substituents is 1. The molecule has 0 aromatic heterocycles. The summed E-state index contributed by atoms with van der Waals surface area (Å²) in [5.41, 5.74) is 6.59. The number of ether oxygens (including phenoxy) is 1. The van der Waals surface area contributed by atoms with Gasteiger partial charge in [-0.1, -0.05) is 32.9 Å². The Balaban J connectivity index is 2.34. The highest BCUT2D eigenvalue weighted by Crippen LogP contribution is 2.31. The third kappa shape index (κ3) is 4.91. The van der Waals surface area contributed by atoms with Gasteiger partial charge in [0.05, 0.1) is 4.92 Å². The van der Waals surface area contributed by atoms with Crippen LogP contribution in [0.2, 0.25) is 0 Å². The van der Waals surface area contributed by atoms with Crippen molar-refractivity contribution in [3.05, 3.63) is 69.8 Å². The zero-order chi connectivity index (χ0) is 18.6. The van der Waals surface area contributed by atoms with E-state index < -0.39 is 10.8 Å². The van der Waals surface area contributed by atoms with Gasteiger partial charge in [-0.3, -0.25) is 14.9 Å². The van der Waals surface area contributed by atoms with E-state index in [9.17, 15) is 14.9 Å². The summed E-state index contributed by atoms with van der Waals surface area (Å²) < 4.78 is 5.82. The molecule has 0 fully saturated rings. The van der Waals surface area contributed by atoms with Crippen molar-refractivity contribution in [1.29, 1.82) is 0 Å². The SMILES string of the molecule is CC(C)(C)c1ccc(Oc2ccc([N+](=O)[O-])cc2/C=C\C(N)=O)cc1. The van der Waals surface area contributed by atoms with Gasteiger partial charge < -0.3 is 10.5 Å². The maximum Gasteiger partial charge on any atom is 0.270 e. The first kappa shape index (κ1) is 18.2. The zero-order valence-electron chi connectivity index (χ0n) is 14.4. The lowest BCUT2D eigenvalue weighted by Gasteiger charge is -2.19. The number of primary amides is 1. The van der Waals surface area contributed by atoms with Crippen molar-refractivity contribution < 1.29 is 14.5 Å². The number of nitrogens with zero attached hydrogens (tertiary/aromatic N) is 1. The summed E-state index contributed by atoms with van der Waals surface area (Å²) in [4.78, 5) is 21.4. The van der Waals surface area contributed by atoms with Crippen molar-refractivity contribution in [3.63, 3.8) is 0 Å². The van der Waals surface area contributed by atoms with Gasteiger partial charge >= 0.3 is 0 Å². The van der Waals surface area contributed by atoms with Gasteiger partial charge in [-0.05, 0) is 35.3 Å². The Hall–Kier alpha value is -3.15. The number of carbonyl (C=O) groups is 1. The molecule has 6 heteroatoms. The molecule has 0 bridgehead atoms. The fourth-order valence-corrected chi connectivity index (χ4v) is 2.19. The first-order chi connectivity index (χ1) is 11.7. The van der Waals surface area contributed by atoms with Crippen LogP contribution in [0.1, 0.15) is 31.9 Å². The molecule has 0 unspecified atom stereocenters. The molecule has 0 saturated heterocycles. The van der Waals surface area contributed by atoms with Gasteiger partial charge in [-0.25, -0.2) is 0 Å². The van der Waals surface area contributed by atoms with Crippen LogP contribution >= 0.6 is 0 Å². The summed E-state index contributed by atoms with van der Waals surface area (Å²) in [7, 11) is 0. The minimum absolute atomic E-state index is 0.0290. The predicted molar refractivity (Wildman–Crippen MR) is 96.5 cm³/mol. The van der Waals surface area contributed by atoms with Crippen LogP contribution in [0.25, 0.3) is 6.08 Å². The number of hydrogen-bond acceptors (Lipinski definition) is 4. The Morgan fingerprint density at radius 3 is 2.32 bits per heavy atom. The van der Waals surface area contributed by atoms with Crippen molar-refractivity contribution >= 4 is 17.7 Å². The third-order valence-corrected chi connectivity index (χ3v) is 3.58. The van der Waals surface area contributed by atoms with Gasteiger partial charge in [0.25, 0.3) is 5.69 Å². The number of amides is 1. The molecule has 6 nitrogen and oxygen atoms in total. The molecule has 0 radical (unpaired) electrons. The lowest BCUT2D eigenvalue weighted by atomic mass is 9.87. The van der Waals surface area contributed by atoms with Crippen LogP contribution in [0.15, 0.2) is 48.5 Å². The van der Waals surface area contributed by atoms with Crippen LogP contribution in [0.4, 0.5) is 5.69 Å². The molecule has 0 saturated carbocycles. The van der Waals surface area contributed by atoms with Crippen molar-refractivity contribution in [2.24, 2.45) is 5.73 Å². The molecule has 0 aliphatic carbocycles. The highest BCUT2D eigenvalue weighted by molar-refractivity contribution is 5.90. The molecular weight excluding hydrogens is 320 g/mol.